The highest BCUT2D eigenvalue weighted by Crippen LogP contribution is 2.36. The third kappa shape index (κ3) is 2.84. The van der Waals surface area contributed by atoms with E-state index in [-0.39, 0.29) is 18.3 Å². The molecule has 22 heavy (non-hydrogen) atoms. The second-order valence-corrected chi connectivity index (χ2v) is 8.92. The number of hydrogen-bond donors (Lipinski definition) is 0. The predicted molar refractivity (Wildman–Crippen MR) is 91.7 cm³/mol. The number of hydrogen-bond acceptors (Lipinski definition) is 3. The summed E-state index contributed by atoms with van der Waals surface area (Å²) < 4.78 is 26.3. The smallest absolute Gasteiger partial charge is 0.399 e. The van der Waals surface area contributed by atoms with Crippen molar-refractivity contribution in [3.8, 4) is 0 Å². The highest BCUT2D eigenvalue weighted by molar-refractivity contribution is 7.87. The van der Waals surface area contributed by atoms with Gasteiger partial charge in [0.05, 0.1) is 16.5 Å². The normalized spacial score (nSPS) is 24.3. The van der Waals surface area contributed by atoms with Crippen LogP contribution in [0, 0.1) is 0 Å². The molecule has 0 N–H and O–H groups in total. The van der Waals surface area contributed by atoms with Gasteiger partial charge in [-0.25, -0.2) is 4.21 Å². The van der Waals surface area contributed by atoms with Crippen LogP contribution < -0.4 is 9.77 Å². The van der Waals surface area contributed by atoms with Crippen molar-refractivity contribution < 1.29 is 13.5 Å². The highest BCUT2D eigenvalue weighted by Gasteiger charge is 2.51. The summed E-state index contributed by atoms with van der Waals surface area (Å²) in [5.41, 5.74) is 1.21. The van der Waals surface area contributed by atoms with Crippen molar-refractivity contribution in [1.82, 2.24) is 0 Å². The molecule has 2 fully saturated rings. The average Bonchev–Trinajstić information content (AvgIpc) is 3.26. The first kappa shape index (κ1) is 16.0. The Labute approximate surface area is 135 Å². The molecule has 1 aromatic carbocycles. The van der Waals surface area contributed by atoms with Gasteiger partial charge < -0.3 is 9.31 Å². The first-order chi connectivity index (χ1) is 10.2. The van der Waals surface area contributed by atoms with Crippen molar-refractivity contribution in [1.29, 1.82) is 0 Å². The van der Waals surface area contributed by atoms with E-state index in [1.54, 1.807) is 0 Å². The topological polar surface area (TPSA) is 38.8 Å². The predicted octanol–water partition coefficient (Wildman–Crippen LogP) is 2.25. The highest BCUT2D eigenvalue weighted by atomic mass is 32.2. The summed E-state index contributed by atoms with van der Waals surface area (Å²) in [6.45, 7) is 8.19. The summed E-state index contributed by atoms with van der Waals surface area (Å²) in [5.74, 6) is 0. The molecule has 1 saturated carbocycles. The second kappa shape index (κ2) is 5.36. The third-order valence-corrected chi connectivity index (χ3v) is 6.63. The molecule has 0 radical (unpaired) electrons. The van der Waals surface area contributed by atoms with Crippen LogP contribution in [0.5, 0.6) is 0 Å². The van der Waals surface area contributed by atoms with E-state index >= 15 is 0 Å². The molecule has 1 unspecified atom stereocenters. The Hall–Kier alpha value is -0.845. The third-order valence-electron chi connectivity index (χ3n) is 4.84. The quantitative estimate of drug-likeness (QED) is 0.799. The summed E-state index contributed by atoms with van der Waals surface area (Å²) in [6, 6.07) is 7.97. The Morgan fingerprint density at radius 1 is 1.18 bits per heavy atom. The molecule has 0 spiro atoms. The molecule has 1 aromatic rings. The Morgan fingerprint density at radius 2 is 1.77 bits per heavy atom. The van der Waals surface area contributed by atoms with Crippen LogP contribution in [-0.2, 0) is 20.3 Å². The molecule has 1 atom stereocenters. The molecule has 4 nitrogen and oxygen atoms in total. The van der Waals surface area contributed by atoms with Gasteiger partial charge in [-0.2, -0.15) is 0 Å². The molecule has 0 bridgehead atoms. The van der Waals surface area contributed by atoms with Crippen LogP contribution in [0.3, 0.4) is 0 Å². The SMILES string of the molecule is CN(c1cccc(B2OC(C)(C)C(C)(C)O2)c1)S(=O)C1CC1. The van der Waals surface area contributed by atoms with Gasteiger partial charge in [-0.15, -0.1) is 0 Å². The van der Waals surface area contributed by atoms with Crippen LogP contribution in [0.4, 0.5) is 5.69 Å². The van der Waals surface area contributed by atoms with Gasteiger partial charge in [0.15, 0.2) is 0 Å². The minimum atomic E-state index is -0.945. The molecule has 1 heterocycles. The molecule has 3 rings (SSSR count). The van der Waals surface area contributed by atoms with Gasteiger partial charge in [0, 0.05) is 12.7 Å². The van der Waals surface area contributed by atoms with Crippen LogP contribution >= 0.6 is 0 Å². The summed E-state index contributed by atoms with van der Waals surface area (Å²) in [6.07, 6.45) is 2.13. The van der Waals surface area contributed by atoms with E-state index in [1.165, 1.54) is 0 Å². The van der Waals surface area contributed by atoms with E-state index in [4.69, 9.17) is 9.31 Å². The van der Waals surface area contributed by atoms with Gasteiger partial charge in [-0.1, -0.05) is 12.1 Å². The van der Waals surface area contributed by atoms with Gasteiger partial charge in [-0.05, 0) is 58.1 Å². The zero-order valence-electron chi connectivity index (χ0n) is 14.0. The Kier molecular flexibility index (Phi) is 3.90. The Bertz CT molecular complexity index is 585. The maximum atomic E-state index is 12.3. The molecule has 0 aromatic heterocycles. The zero-order valence-corrected chi connectivity index (χ0v) is 14.8. The first-order valence-corrected chi connectivity index (χ1v) is 8.98. The van der Waals surface area contributed by atoms with Crippen molar-refractivity contribution in [2.45, 2.75) is 57.0 Å². The second-order valence-electron chi connectivity index (χ2n) is 7.16. The van der Waals surface area contributed by atoms with Crippen LogP contribution in [0.15, 0.2) is 24.3 Å². The van der Waals surface area contributed by atoms with Gasteiger partial charge >= 0.3 is 7.12 Å². The van der Waals surface area contributed by atoms with E-state index in [2.05, 4.69) is 0 Å². The minimum Gasteiger partial charge on any atom is -0.399 e. The zero-order chi connectivity index (χ0) is 16.1. The molecular weight excluding hydrogens is 297 g/mol. The number of benzene rings is 1. The van der Waals surface area contributed by atoms with Gasteiger partial charge in [0.2, 0.25) is 0 Å². The monoisotopic (exact) mass is 321 g/mol. The summed E-state index contributed by atoms with van der Waals surface area (Å²) in [5, 5.41) is 0.325. The minimum absolute atomic E-state index is 0.325. The number of anilines is 1. The molecule has 2 aliphatic rings. The maximum absolute atomic E-state index is 12.3. The lowest BCUT2D eigenvalue weighted by atomic mass is 9.79. The van der Waals surface area contributed by atoms with Crippen molar-refractivity contribution >= 4 is 29.3 Å². The van der Waals surface area contributed by atoms with E-state index in [9.17, 15) is 4.21 Å². The van der Waals surface area contributed by atoms with Crippen molar-refractivity contribution in [2.75, 3.05) is 11.4 Å². The molecule has 0 amide bonds. The molecule has 1 aliphatic heterocycles. The lowest BCUT2D eigenvalue weighted by Crippen LogP contribution is -2.41. The average molecular weight is 321 g/mol. The van der Waals surface area contributed by atoms with Gasteiger partial charge in [-0.3, -0.25) is 4.31 Å². The van der Waals surface area contributed by atoms with Crippen molar-refractivity contribution in [2.24, 2.45) is 0 Å². The van der Waals surface area contributed by atoms with Crippen molar-refractivity contribution in [3.63, 3.8) is 0 Å². The Balaban J connectivity index is 1.81. The fourth-order valence-corrected chi connectivity index (χ4v) is 3.75. The molecule has 1 aliphatic carbocycles. The molecule has 6 heteroatoms. The molecule has 120 valence electrons. The first-order valence-electron chi connectivity index (χ1n) is 7.81. The lowest BCUT2D eigenvalue weighted by molar-refractivity contribution is 0.00578. The van der Waals surface area contributed by atoms with Crippen molar-refractivity contribution in [3.05, 3.63) is 24.3 Å². The standard InChI is InChI=1S/C16H24BNO3S/c1-15(2)16(3,4)21-17(20-15)12-7-6-8-13(11-12)18(5)22(19)14-9-10-14/h6-8,11,14H,9-10H2,1-5H3. The van der Waals surface area contributed by atoms with Crippen LogP contribution in [0.25, 0.3) is 0 Å². The van der Waals surface area contributed by atoms with E-state index in [1.807, 2.05) is 63.3 Å². The van der Waals surface area contributed by atoms with E-state index in [0.717, 1.165) is 24.0 Å². The van der Waals surface area contributed by atoms with E-state index in [0.29, 0.717) is 5.25 Å². The van der Waals surface area contributed by atoms with Crippen LogP contribution in [-0.4, -0.2) is 34.8 Å². The van der Waals surface area contributed by atoms with Crippen LogP contribution in [0.1, 0.15) is 40.5 Å². The summed E-state index contributed by atoms with van der Waals surface area (Å²) in [7, 11) is 0.560. The fourth-order valence-electron chi connectivity index (χ4n) is 2.44. The maximum Gasteiger partial charge on any atom is 0.494 e. The Morgan fingerprint density at radius 3 is 2.32 bits per heavy atom. The largest absolute Gasteiger partial charge is 0.494 e. The molecular formula is C16H24BNO3S. The van der Waals surface area contributed by atoms with Gasteiger partial charge in [0.25, 0.3) is 0 Å². The number of nitrogens with zero attached hydrogens (tertiary/aromatic N) is 1. The lowest BCUT2D eigenvalue weighted by Gasteiger charge is -2.32. The summed E-state index contributed by atoms with van der Waals surface area (Å²) >= 11 is 0. The molecule has 1 saturated heterocycles. The van der Waals surface area contributed by atoms with E-state index < -0.39 is 11.0 Å². The summed E-state index contributed by atoms with van der Waals surface area (Å²) in [4.78, 5) is 0. The number of rotatable bonds is 4. The van der Waals surface area contributed by atoms with Gasteiger partial charge in [0.1, 0.15) is 11.0 Å². The fraction of sp³-hybridized carbons (Fsp3) is 0.625. The van der Waals surface area contributed by atoms with Crippen LogP contribution in [0.2, 0.25) is 0 Å².